The van der Waals surface area contributed by atoms with Gasteiger partial charge >= 0.3 is 12.2 Å². The van der Waals surface area contributed by atoms with Crippen molar-refractivity contribution in [1.82, 2.24) is 9.97 Å². The van der Waals surface area contributed by atoms with Gasteiger partial charge in [-0.2, -0.15) is 13.2 Å². The molecule has 0 aliphatic carbocycles. The molecule has 0 atom stereocenters. The summed E-state index contributed by atoms with van der Waals surface area (Å²) in [6, 6.07) is 3.51. The molecule has 2 heterocycles. The molecule has 0 unspecified atom stereocenters. The number of aromatic nitrogens is 2. The summed E-state index contributed by atoms with van der Waals surface area (Å²) in [4.78, 5) is 22.3. The van der Waals surface area contributed by atoms with Crippen molar-refractivity contribution < 1.29 is 26.7 Å². The lowest BCUT2D eigenvalue weighted by Crippen LogP contribution is -2.33. The zero-order valence-electron chi connectivity index (χ0n) is 20.6. The van der Waals surface area contributed by atoms with Gasteiger partial charge in [0.2, 0.25) is 0 Å². The summed E-state index contributed by atoms with van der Waals surface area (Å²) in [6.07, 6.45) is -3.32. The first-order valence-electron chi connectivity index (χ1n) is 11.6. The summed E-state index contributed by atoms with van der Waals surface area (Å²) in [5, 5.41) is 16.9. The van der Waals surface area contributed by atoms with E-state index >= 15 is 4.39 Å². The van der Waals surface area contributed by atoms with Gasteiger partial charge in [0.25, 0.3) is 0 Å². The fourth-order valence-corrected chi connectivity index (χ4v) is 4.16. The molecule has 0 saturated carbocycles. The Morgan fingerprint density at radius 2 is 1.82 bits per heavy atom. The molecule has 2 amide bonds. The van der Waals surface area contributed by atoms with Crippen molar-refractivity contribution in [3.05, 3.63) is 70.5 Å². The van der Waals surface area contributed by atoms with Crippen molar-refractivity contribution in [1.29, 1.82) is 5.41 Å². The van der Waals surface area contributed by atoms with Crippen molar-refractivity contribution in [2.24, 2.45) is 0 Å². The van der Waals surface area contributed by atoms with Gasteiger partial charge in [-0.25, -0.2) is 23.5 Å². The highest BCUT2D eigenvalue weighted by atomic mass is 19.4. The minimum atomic E-state index is -4.72. The molecule has 1 aromatic heterocycles. The van der Waals surface area contributed by atoms with Gasteiger partial charge in [0.05, 0.1) is 28.2 Å². The first kappa shape index (κ1) is 26.8. The van der Waals surface area contributed by atoms with Crippen molar-refractivity contribution in [3.8, 4) is 0 Å². The number of carbonyl (C=O) groups excluding carboxylic acids is 1. The lowest BCUT2D eigenvalue weighted by molar-refractivity contribution is -0.137. The third kappa shape index (κ3) is 5.08. The number of fused-ring (bicyclic) bond motifs is 1. The van der Waals surface area contributed by atoms with Crippen molar-refractivity contribution in [3.63, 3.8) is 0 Å². The van der Waals surface area contributed by atoms with E-state index in [2.05, 4.69) is 25.9 Å². The van der Waals surface area contributed by atoms with Crippen LogP contribution in [0.15, 0.2) is 36.7 Å². The molecular formula is C25H24F5N7O. The first-order chi connectivity index (χ1) is 17.9. The lowest BCUT2D eigenvalue weighted by Gasteiger charge is -2.20. The quantitative estimate of drug-likeness (QED) is 0.242. The maximum Gasteiger partial charge on any atom is 0.416 e. The monoisotopic (exact) mass is 533 g/mol. The average Bonchev–Trinajstić information content (AvgIpc) is 3.29. The van der Waals surface area contributed by atoms with Crippen LogP contribution in [0.1, 0.15) is 36.1 Å². The van der Waals surface area contributed by atoms with Crippen molar-refractivity contribution in [2.45, 2.75) is 32.5 Å². The van der Waals surface area contributed by atoms with Crippen LogP contribution in [0.2, 0.25) is 0 Å². The third-order valence-corrected chi connectivity index (χ3v) is 5.90. The summed E-state index contributed by atoms with van der Waals surface area (Å²) >= 11 is 0. The molecular weight excluding hydrogens is 509 g/mol. The maximum atomic E-state index is 15.7. The predicted molar refractivity (Wildman–Crippen MR) is 134 cm³/mol. The number of rotatable bonds is 6. The van der Waals surface area contributed by atoms with Crippen molar-refractivity contribution >= 4 is 34.8 Å². The fraction of sp³-hybridized carbons (Fsp3) is 0.280. The van der Waals surface area contributed by atoms with Crippen LogP contribution in [0.4, 0.5) is 49.8 Å². The molecule has 4 rings (SSSR count). The molecule has 2 aromatic carbocycles. The summed E-state index contributed by atoms with van der Waals surface area (Å²) in [5.74, 6) is -1.11. The summed E-state index contributed by atoms with van der Waals surface area (Å²) in [5.41, 5.74) is -1.43. The van der Waals surface area contributed by atoms with Crippen LogP contribution in [0, 0.1) is 17.0 Å². The molecule has 1 aliphatic rings. The molecule has 0 bridgehead atoms. The SMILES string of the molecule is CNc1ncnc(NC(C)C)c1C(=N)c1ccc2c(c1F)CCN2C(=O)Nc1cc(C(F)(F)F)ccc1F. The summed E-state index contributed by atoms with van der Waals surface area (Å²) < 4.78 is 68.9. The van der Waals surface area contributed by atoms with E-state index < -0.39 is 35.1 Å². The molecule has 200 valence electrons. The Morgan fingerprint density at radius 3 is 2.47 bits per heavy atom. The van der Waals surface area contributed by atoms with E-state index in [-0.39, 0.29) is 47.1 Å². The van der Waals surface area contributed by atoms with E-state index in [1.807, 2.05) is 13.8 Å². The van der Waals surface area contributed by atoms with Gasteiger partial charge in [-0.05, 0) is 50.6 Å². The third-order valence-electron chi connectivity index (χ3n) is 5.90. The van der Waals surface area contributed by atoms with E-state index in [1.165, 1.54) is 18.5 Å². The van der Waals surface area contributed by atoms with E-state index in [9.17, 15) is 22.4 Å². The van der Waals surface area contributed by atoms with Gasteiger partial charge in [0.1, 0.15) is 29.6 Å². The standard InChI is InChI=1S/C25H24F5N7O/c1-12(2)35-23-19(22(32-3)33-11-34-23)21(31)15-5-7-18-14(20(15)27)8-9-37(18)24(38)36-17-10-13(25(28,29)30)4-6-16(17)26/h4-7,10-12,31H,8-9H2,1-3H3,(H,36,38)(H2,32,33,34,35). The molecule has 1 aliphatic heterocycles. The lowest BCUT2D eigenvalue weighted by atomic mass is 9.98. The second kappa shape index (κ2) is 10.2. The number of halogens is 5. The normalized spacial score (nSPS) is 12.9. The predicted octanol–water partition coefficient (Wildman–Crippen LogP) is 5.65. The van der Waals surface area contributed by atoms with Gasteiger partial charge in [0.15, 0.2) is 0 Å². The summed E-state index contributed by atoms with van der Waals surface area (Å²) in [6.45, 7) is 3.77. The van der Waals surface area contributed by atoms with Crippen LogP contribution in [0.5, 0.6) is 0 Å². The van der Waals surface area contributed by atoms with Gasteiger partial charge in [-0.3, -0.25) is 10.3 Å². The molecule has 38 heavy (non-hydrogen) atoms. The number of hydrogen-bond donors (Lipinski definition) is 4. The number of urea groups is 1. The second-order valence-electron chi connectivity index (χ2n) is 8.82. The van der Waals surface area contributed by atoms with Crippen molar-refractivity contribution in [2.75, 3.05) is 34.4 Å². The van der Waals surface area contributed by atoms with Crippen LogP contribution in [0.25, 0.3) is 0 Å². The maximum absolute atomic E-state index is 15.7. The number of amides is 2. The van der Waals surface area contributed by atoms with E-state index in [4.69, 9.17) is 5.41 Å². The van der Waals surface area contributed by atoms with Gasteiger partial charge in [-0.1, -0.05) is 0 Å². The minimum Gasteiger partial charge on any atom is -0.372 e. The molecule has 0 fully saturated rings. The number of nitrogens with zero attached hydrogens (tertiary/aromatic N) is 3. The Hall–Kier alpha value is -4.29. The number of benzene rings is 2. The molecule has 3 aromatic rings. The highest BCUT2D eigenvalue weighted by molar-refractivity contribution is 6.17. The summed E-state index contributed by atoms with van der Waals surface area (Å²) in [7, 11) is 1.61. The highest BCUT2D eigenvalue weighted by Gasteiger charge is 2.33. The molecule has 4 N–H and O–H groups in total. The zero-order chi connectivity index (χ0) is 27.8. The Bertz CT molecular complexity index is 1410. The zero-order valence-corrected chi connectivity index (χ0v) is 20.6. The van der Waals surface area contributed by atoms with Crippen LogP contribution in [0.3, 0.4) is 0 Å². The Labute approximate surface area is 214 Å². The number of carbonyl (C=O) groups is 1. The number of nitrogens with one attached hydrogen (secondary N) is 4. The average molecular weight is 534 g/mol. The van der Waals surface area contributed by atoms with E-state index in [0.29, 0.717) is 29.8 Å². The second-order valence-corrected chi connectivity index (χ2v) is 8.82. The first-order valence-corrected chi connectivity index (χ1v) is 11.6. The Kier molecular flexibility index (Phi) is 7.20. The Morgan fingerprint density at radius 1 is 1.11 bits per heavy atom. The largest absolute Gasteiger partial charge is 0.416 e. The number of hydrogen-bond acceptors (Lipinski definition) is 6. The molecule has 0 saturated heterocycles. The van der Waals surface area contributed by atoms with Crippen LogP contribution in [-0.4, -0.2) is 41.3 Å². The molecule has 13 heteroatoms. The van der Waals surface area contributed by atoms with Gasteiger partial charge in [-0.15, -0.1) is 0 Å². The van der Waals surface area contributed by atoms with Crippen LogP contribution in [-0.2, 0) is 12.6 Å². The number of alkyl halides is 3. The smallest absolute Gasteiger partial charge is 0.372 e. The molecule has 8 nitrogen and oxygen atoms in total. The van der Waals surface area contributed by atoms with E-state index in [1.54, 1.807) is 7.05 Å². The van der Waals surface area contributed by atoms with Gasteiger partial charge < -0.3 is 16.0 Å². The Balaban J connectivity index is 1.64. The van der Waals surface area contributed by atoms with Crippen LogP contribution < -0.4 is 20.9 Å². The minimum absolute atomic E-state index is 0.00578. The van der Waals surface area contributed by atoms with Crippen LogP contribution >= 0.6 is 0 Å². The molecule has 0 spiro atoms. The topological polar surface area (TPSA) is 106 Å². The molecule has 0 radical (unpaired) electrons. The number of anilines is 4. The highest BCUT2D eigenvalue weighted by Crippen LogP contribution is 2.36. The van der Waals surface area contributed by atoms with E-state index in [0.717, 1.165) is 4.90 Å². The fourth-order valence-electron chi connectivity index (χ4n) is 4.16. The van der Waals surface area contributed by atoms with Gasteiger partial charge in [0, 0.05) is 30.8 Å².